The van der Waals surface area contributed by atoms with Crippen LogP contribution in [0.25, 0.3) is 0 Å². The normalized spacial score (nSPS) is 12.0. The average Bonchev–Trinajstić information content (AvgIpc) is 2.94. The van der Waals surface area contributed by atoms with E-state index in [0.29, 0.717) is 28.6 Å². The highest BCUT2D eigenvalue weighted by molar-refractivity contribution is 5.80. The van der Waals surface area contributed by atoms with Crippen molar-refractivity contribution in [1.82, 2.24) is 0 Å². The zero-order chi connectivity index (χ0) is 14.8. The summed E-state index contributed by atoms with van der Waals surface area (Å²) in [4.78, 5) is 10.8. The van der Waals surface area contributed by atoms with Crippen LogP contribution in [0, 0.1) is 10.1 Å². The van der Waals surface area contributed by atoms with E-state index in [4.69, 9.17) is 9.47 Å². The van der Waals surface area contributed by atoms with Gasteiger partial charge >= 0.3 is 5.69 Å². The molecule has 0 bridgehead atoms. The van der Waals surface area contributed by atoms with E-state index in [1.807, 2.05) is 0 Å². The number of para-hydroxylation sites is 1. The maximum atomic E-state index is 11.3. The van der Waals surface area contributed by atoms with E-state index in [9.17, 15) is 10.1 Å². The monoisotopic (exact) mass is 287 g/mol. The summed E-state index contributed by atoms with van der Waals surface area (Å²) in [6, 6.07) is 10.3. The van der Waals surface area contributed by atoms with Crippen molar-refractivity contribution in [2.24, 2.45) is 0 Å². The largest absolute Gasteiger partial charge is 0.454 e. The third-order valence-electron chi connectivity index (χ3n) is 3.14. The SMILES string of the molecule is CNc1cccc(Nc2ccc3c(c2)OCO3)c1[N+](=O)[O-]. The van der Waals surface area contributed by atoms with Gasteiger partial charge < -0.3 is 20.1 Å². The molecule has 1 aliphatic heterocycles. The highest BCUT2D eigenvalue weighted by Gasteiger charge is 2.20. The summed E-state index contributed by atoms with van der Waals surface area (Å²) in [5, 5.41) is 17.1. The molecule has 108 valence electrons. The molecule has 0 saturated heterocycles. The smallest absolute Gasteiger partial charge is 0.315 e. The minimum atomic E-state index is -0.416. The van der Waals surface area contributed by atoms with Crippen molar-refractivity contribution in [1.29, 1.82) is 0 Å². The summed E-state index contributed by atoms with van der Waals surface area (Å²) in [5.41, 5.74) is 1.55. The van der Waals surface area contributed by atoms with Crippen LogP contribution in [0.5, 0.6) is 11.5 Å². The third-order valence-corrected chi connectivity index (χ3v) is 3.14. The van der Waals surface area contributed by atoms with Gasteiger partial charge in [-0.3, -0.25) is 10.1 Å². The number of benzene rings is 2. The first-order valence-electron chi connectivity index (χ1n) is 6.31. The molecule has 0 aromatic heterocycles. The molecule has 2 aromatic carbocycles. The molecule has 2 N–H and O–H groups in total. The Morgan fingerprint density at radius 1 is 1.14 bits per heavy atom. The van der Waals surface area contributed by atoms with Crippen molar-refractivity contribution in [3.63, 3.8) is 0 Å². The second kappa shape index (κ2) is 5.20. The van der Waals surface area contributed by atoms with Crippen LogP contribution in [0.2, 0.25) is 0 Å². The Hall–Kier alpha value is -2.96. The van der Waals surface area contributed by atoms with E-state index in [-0.39, 0.29) is 12.5 Å². The number of hydrogen-bond donors (Lipinski definition) is 2. The van der Waals surface area contributed by atoms with Crippen LogP contribution in [-0.2, 0) is 0 Å². The predicted molar refractivity (Wildman–Crippen MR) is 78.5 cm³/mol. The summed E-state index contributed by atoms with van der Waals surface area (Å²) in [6.07, 6.45) is 0. The first-order chi connectivity index (χ1) is 10.2. The number of fused-ring (bicyclic) bond motifs is 1. The van der Waals surface area contributed by atoms with Crippen LogP contribution in [0.1, 0.15) is 0 Å². The molecule has 0 spiro atoms. The molecular formula is C14H13N3O4. The molecule has 3 rings (SSSR count). The van der Waals surface area contributed by atoms with E-state index >= 15 is 0 Å². The van der Waals surface area contributed by atoms with E-state index < -0.39 is 4.92 Å². The number of nitro benzene ring substituents is 1. The van der Waals surface area contributed by atoms with Crippen LogP contribution in [0.3, 0.4) is 0 Å². The van der Waals surface area contributed by atoms with Crippen molar-refractivity contribution in [3.05, 3.63) is 46.5 Å². The third kappa shape index (κ3) is 2.40. The predicted octanol–water partition coefficient (Wildman–Crippen LogP) is 3.11. The number of nitro groups is 1. The quantitative estimate of drug-likeness (QED) is 0.664. The number of ether oxygens (including phenoxy) is 2. The number of rotatable bonds is 4. The molecule has 7 heteroatoms. The fraction of sp³-hybridized carbons (Fsp3) is 0.143. The van der Waals surface area contributed by atoms with Gasteiger partial charge in [-0.1, -0.05) is 6.07 Å². The van der Waals surface area contributed by atoms with Gasteiger partial charge in [0.25, 0.3) is 0 Å². The first-order valence-corrected chi connectivity index (χ1v) is 6.31. The lowest BCUT2D eigenvalue weighted by Crippen LogP contribution is -2.01. The molecule has 7 nitrogen and oxygen atoms in total. The number of anilines is 3. The second-order valence-corrected chi connectivity index (χ2v) is 4.40. The van der Waals surface area contributed by atoms with Crippen LogP contribution in [0.4, 0.5) is 22.7 Å². The van der Waals surface area contributed by atoms with Gasteiger partial charge in [-0.05, 0) is 24.3 Å². The fourth-order valence-corrected chi connectivity index (χ4v) is 2.17. The van der Waals surface area contributed by atoms with Gasteiger partial charge in [-0.25, -0.2) is 0 Å². The van der Waals surface area contributed by atoms with Crippen LogP contribution in [0.15, 0.2) is 36.4 Å². The standard InChI is InChI=1S/C14H13N3O4/c1-15-10-3-2-4-11(14(10)17(18)19)16-9-5-6-12-13(7-9)21-8-20-12/h2-7,15-16H,8H2,1H3. The summed E-state index contributed by atoms with van der Waals surface area (Å²) < 4.78 is 10.5. The molecule has 0 radical (unpaired) electrons. The maximum absolute atomic E-state index is 11.3. The Labute approximate surface area is 120 Å². The zero-order valence-electron chi connectivity index (χ0n) is 11.3. The minimum absolute atomic E-state index is 0.00216. The van der Waals surface area contributed by atoms with Gasteiger partial charge in [-0.2, -0.15) is 0 Å². The van der Waals surface area contributed by atoms with Crippen molar-refractivity contribution < 1.29 is 14.4 Å². The lowest BCUT2D eigenvalue weighted by Gasteiger charge is -2.10. The molecular weight excluding hydrogens is 274 g/mol. The highest BCUT2D eigenvalue weighted by Crippen LogP contribution is 2.38. The Bertz CT molecular complexity index is 703. The van der Waals surface area contributed by atoms with Crippen LogP contribution >= 0.6 is 0 Å². The first kappa shape index (κ1) is 13.0. The van der Waals surface area contributed by atoms with Gasteiger partial charge in [0.05, 0.1) is 4.92 Å². The lowest BCUT2D eigenvalue weighted by atomic mass is 10.2. The highest BCUT2D eigenvalue weighted by atomic mass is 16.7. The maximum Gasteiger partial charge on any atom is 0.315 e. The molecule has 21 heavy (non-hydrogen) atoms. The Morgan fingerprint density at radius 2 is 1.90 bits per heavy atom. The molecule has 0 atom stereocenters. The summed E-state index contributed by atoms with van der Waals surface area (Å²) in [6.45, 7) is 0.189. The van der Waals surface area contributed by atoms with E-state index in [0.717, 1.165) is 0 Å². The molecule has 2 aromatic rings. The molecule has 0 fully saturated rings. The van der Waals surface area contributed by atoms with Gasteiger partial charge in [0.15, 0.2) is 11.5 Å². The van der Waals surface area contributed by atoms with Crippen molar-refractivity contribution in [2.45, 2.75) is 0 Å². The van der Waals surface area contributed by atoms with E-state index in [1.165, 1.54) is 0 Å². The van der Waals surface area contributed by atoms with Gasteiger partial charge in [0.2, 0.25) is 6.79 Å². The fourth-order valence-electron chi connectivity index (χ4n) is 2.17. The summed E-state index contributed by atoms with van der Waals surface area (Å²) in [5.74, 6) is 1.28. The molecule has 0 unspecified atom stereocenters. The van der Waals surface area contributed by atoms with Gasteiger partial charge in [0.1, 0.15) is 11.4 Å². The van der Waals surface area contributed by atoms with Crippen molar-refractivity contribution >= 4 is 22.7 Å². The van der Waals surface area contributed by atoms with Gasteiger partial charge in [-0.15, -0.1) is 0 Å². The van der Waals surface area contributed by atoms with Crippen LogP contribution in [-0.4, -0.2) is 18.8 Å². The van der Waals surface area contributed by atoms with E-state index in [1.54, 1.807) is 43.4 Å². The Morgan fingerprint density at radius 3 is 2.67 bits per heavy atom. The van der Waals surface area contributed by atoms with Crippen LogP contribution < -0.4 is 20.1 Å². The minimum Gasteiger partial charge on any atom is -0.454 e. The molecule has 0 aliphatic carbocycles. The summed E-state index contributed by atoms with van der Waals surface area (Å²) in [7, 11) is 1.65. The molecule has 0 amide bonds. The molecule has 1 heterocycles. The zero-order valence-corrected chi connectivity index (χ0v) is 11.3. The Kier molecular flexibility index (Phi) is 3.23. The summed E-state index contributed by atoms with van der Waals surface area (Å²) >= 11 is 0. The molecule has 1 aliphatic rings. The van der Waals surface area contributed by atoms with Gasteiger partial charge in [0, 0.05) is 18.8 Å². The van der Waals surface area contributed by atoms with Crippen molar-refractivity contribution in [3.8, 4) is 11.5 Å². The van der Waals surface area contributed by atoms with Crippen molar-refractivity contribution in [2.75, 3.05) is 24.5 Å². The number of hydrogen-bond acceptors (Lipinski definition) is 6. The molecule has 0 saturated carbocycles. The lowest BCUT2D eigenvalue weighted by molar-refractivity contribution is -0.383. The topological polar surface area (TPSA) is 85.7 Å². The number of nitrogens with one attached hydrogen (secondary N) is 2. The second-order valence-electron chi connectivity index (χ2n) is 4.40. The number of nitrogens with zero attached hydrogens (tertiary/aromatic N) is 1. The average molecular weight is 287 g/mol. The van der Waals surface area contributed by atoms with E-state index in [2.05, 4.69) is 10.6 Å². The Balaban J connectivity index is 1.96.